The molecule has 2 atom stereocenters. The van der Waals surface area contributed by atoms with Crippen LogP contribution in [0.2, 0.25) is 0 Å². The summed E-state index contributed by atoms with van der Waals surface area (Å²) in [5.74, 6) is -4.82. The Morgan fingerprint density at radius 2 is 0.594 bits per heavy atom. The van der Waals surface area contributed by atoms with Gasteiger partial charge in [0.25, 0.3) is 23.6 Å². The lowest BCUT2D eigenvalue weighted by Gasteiger charge is -2.37. The van der Waals surface area contributed by atoms with Gasteiger partial charge in [-0.1, -0.05) is 72.4 Å². The van der Waals surface area contributed by atoms with Gasteiger partial charge in [0.2, 0.25) is 23.6 Å². The summed E-state index contributed by atoms with van der Waals surface area (Å²) < 4.78 is 29.0. The summed E-state index contributed by atoms with van der Waals surface area (Å²) >= 11 is 0. The number of nitrogens with one attached hydrogen (secondary N) is 4. The van der Waals surface area contributed by atoms with Crippen molar-refractivity contribution in [1.82, 2.24) is 31.1 Å². The van der Waals surface area contributed by atoms with Gasteiger partial charge >= 0.3 is 0 Å². The van der Waals surface area contributed by atoms with Gasteiger partial charge in [0.15, 0.2) is 0 Å². The van der Waals surface area contributed by atoms with Crippen LogP contribution in [0.25, 0.3) is 43.1 Å². The minimum atomic E-state index is -1.38. The molecule has 2 aliphatic rings. The Hall–Kier alpha value is -10.6. The van der Waals surface area contributed by atoms with Crippen molar-refractivity contribution in [3.8, 4) is 46.0 Å². The van der Waals surface area contributed by atoms with Crippen LogP contribution < -0.4 is 40.2 Å². The first-order chi connectivity index (χ1) is 45.5. The molecule has 0 aromatic heterocycles. The summed E-state index contributed by atoms with van der Waals surface area (Å²) in [5, 5.41) is 13.3. The zero-order valence-corrected chi connectivity index (χ0v) is 57.0. The molecule has 0 fully saturated rings. The smallest absolute Gasteiger partial charge is 0.262 e. The van der Waals surface area contributed by atoms with E-state index in [1.54, 1.807) is 72.7 Å². The highest BCUT2D eigenvalue weighted by molar-refractivity contribution is 6.45. The number of fused-ring (bicyclic) bond motifs is 2. The van der Waals surface area contributed by atoms with E-state index in [1.807, 2.05) is 128 Å². The van der Waals surface area contributed by atoms with E-state index in [4.69, 9.17) is 18.9 Å². The van der Waals surface area contributed by atoms with Gasteiger partial charge in [0.05, 0.1) is 22.3 Å². The van der Waals surface area contributed by atoms with E-state index >= 15 is 19.2 Å². The first kappa shape index (κ1) is 66.8. The predicted octanol–water partition coefficient (Wildman–Crippen LogP) is 14.3. The lowest BCUT2D eigenvalue weighted by atomic mass is 9.80. The highest BCUT2D eigenvalue weighted by atomic mass is 16.5. The molecule has 0 saturated heterocycles. The first-order valence-electron chi connectivity index (χ1n) is 32.4. The Morgan fingerprint density at radius 1 is 0.354 bits per heavy atom. The molecule has 0 spiro atoms. The summed E-state index contributed by atoms with van der Waals surface area (Å²) in [7, 11) is 0. The number of aryl methyl sites for hydroxylation is 8. The van der Waals surface area contributed by atoms with Gasteiger partial charge in [-0.25, -0.2) is 0 Å². The first-order valence-corrected chi connectivity index (χ1v) is 32.4. The molecule has 0 aliphatic carbocycles. The van der Waals surface area contributed by atoms with E-state index in [-0.39, 0.29) is 110 Å². The van der Waals surface area contributed by atoms with E-state index < -0.39 is 65.3 Å². The third-order valence-electron chi connectivity index (χ3n) is 17.4. The molecule has 9 aromatic carbocycles. The number of benzene rings is 9. The molecule has 0 saturated carbocycles. The summed E-state index contributed by atoms with van der Waals surface area (Å²) in [6, 6.07) is 26.3. The average Bonchev–Trinajstić information content (AvgIpc) is 0.670. The summed E-state index contributed by atoms with van der Waals surface area (Å²) in [5.41, 5.74) is 7.14. The van der Waals surface area contributed by atoms with E-state index in [9.17, 15) is 19.2 Å². The molecule has 18 heteroatoms. The number of nitrogens with zero attached hydrogens (tertiary/aromatic N) is 2. The van der Waals surface area contributed by atoms with E-state index in [0.29, 0.717) is 44.5 Å². The molecule has 96 heavy (non-hydrogen) atoms. The lowest BCUT2D eigenvalue weighted by molar-refractivity contribution is -0.127. The van der Waals surface area contributed by atoms with Crippen molar-refractivity contribution in [2.24, 2.45) is 17.8 Å². The highest BCUT2D eigenvalue weighted by Crippen LogP contribution is 2.58. The maximum atomic E-state index is 16.1. The van der Waals surface area contributed by atoms with Crippen LogP contribution in [0.4, 0.5) is 0 Å². The molecule has 0 bridgehead atoms. The number of amides is 8. The van der Waals surface area contributed by atoms with Crippen LogP contribution in [0.5, 0.6) is 46.0 Å². The van der Waals surface area contributed by atoms with E-state index in [0.717, 1.165) is 54.3 Å². The number of rotatable bonds is 22. The third-order valence-corrected chi connectivity index (χ3v) is 17.4. The topological polar surface area (TPSA) is 228 Å². The summed E-state index contributed by atoms with van der Waals surface area (Å²) in [6.45, 7) is 31.3. The fraction of sp³-hybridized carbons (Fsp3) is 0.308. The lowest BCUT2D eigenvalue weighted by Crippen LogP contribution is -2.56. The largest absolute Gasteiger partial charge is 0.457 e. The Balaban J connectivity index is 1.30. The van der Waals surface area contributed by atoms with E-state index in [1.165, 1.54) is 0 Å². The van der Waals surface area contributed by atoms with Crippen LogP contribution in [0.1, 0.15) is 134 Å². The van der Waals surface area contributed by atoms with Crippen LogP contribution >= 0.6 is 0 Å². The highest BCUT2D eigenvalue weighted by Gasteiger charge is 2.47. The summed E-state index contributed by atoms with van der Waals surface area (Å²) in [4.78, 5) is 121. The third kappa shape index (κ3) is 12.7. The Kier molecular flexibility index (Phi) is 18.3. The van der Waals surface area contributed by atoms with Crippen molar-refractivity contribution in [3.05, 3.63) is 176 Å². The molecule has 2 aliphatic heterocycles. The second kappa shape index (κ2) is 26.3. The monoisotopic (exact) mass is 1290 g/mol. The fourth-order valence-electron chi connectivity index (χ4n) is 13.6. The number of hydrogen-bond donors (Lipinski definition) is 4. The Bertz CT molecular complexity index is 4490. The SMILES string of the molecule is C=C(C)C(=O)NCCNC(=O)C(C(C)C)N1C(=O)c2cc(Oc3cc(C)cc(C)c3)c3c4c(Oc5cc(C)cc(C)c5)cc5c6c(cc(Oc7cc(C)cc(C)c7)c(c7c(Oc8cc(C)cc(C)c8)cc(c2c37)C1=O)c64)C(=O)N(C(C(=O)NCCNC(=O)C(C)C)C(C)C)C5=O. The second-order valence-corrected chi connectivity index (χ2v) is 26.8. The quantitative estimate of drug-likeness (QED) is 0.0163. The van der Waals surface area contributed by atoms with Crippen LogP contribution in [-0.2, 0) is 19.2 Å². The van der Waals surface area contributed by atoms with Gasteiger partial charge in [-0.3, -0.25) is 48.2 Å². The molecular formula is C78H80N6O12. The minimum absolute atomic E-state index is 0.00185. The molecule has 9 aromatic rings. The van der Waals surface area contributed by atoms with Gasteiger partial charge in [-0.2, -0.15) is 0 Å². The van der Waals surface area contributed by atoms with Crippen molar-refractivity contribution in [2.75, 3.05) is 26.2 Å². The van der Waals surface area contributed by atoms with E-state index in [2.05, 4.69) is 27.8 Å². The molecule has 18 nitrogen and oxygen atoms in total. The number of carbonyl (C=O) groups is 8. The molecular weight excluding hydrogens is 1210 g/mol. The molecule has 0 radical (unpaired) electrons. The van der Waals surface area contributed by atoms with Crippen LogP contribution in [0.15, 0.2) is 109 Å². The van der Waals surface area contributed by atoms with Gasteiger partial charge in [0, 0.05) is 80.8 Å². The zero-order valence-electron chi connectivity index (χ0n) is 57.0. The fourth-order valence-corrected chi connectivity index (χ4v) is 13.6. The standard InChI is InChI=1S/C78H80N6O12/c1-37(2)69(73(87)81-19-17-79-71(85)39(5)6)83-75(89)53-33-57(93-49-25-41(9)21-42(10)26-49)63-65-59(95-51-29-45(13)23-46(14)30-51)35-55-62-56(78(92)84(77(55)91)70(38(3)4)74(88)82-20-18-80-72(86)40(7)8)36-60(96-52-31-47(15)24-48(16)32-52)66(68(62)65)64-58(34-54(76(83)90)61(53)67(63)64)94-50-27-43(11)22-44(12)28-50/h21-38,40,69-70H,5,17-20H2,1-4,6-16H3,(H,79,85)(H,80,86)(H,81,87)(H,82,88). The van der Waals surface area contributed by atoms with Crippen molar-refractivity contribution >= 4 is 90.3 Å². The molecule has 8 amide bonds. The van der Waals surface area contributed by atoms with Crippen molar-refractivity contribution < 1.29 is 57.3 Å². The minimum Gasteiger partial charge on any atom is -0.457 e. The van der Waals surface area contributed by atoms with Crippen LogP contribution in [-0.4, -0.2) is 95.3 Å². The summed E-state index contributed by atoms with van der Waals surface area (Å²) in [6.07, 6.45) is 0. The zero-order chi connectivity index (χ0) is 69.2. The molecule has 494 valence electrons. The van der Waals surface area contributed by atoms with Gasteiger partial charge in [0.1, 0.15) is 58.1 Å². The maximum absolute atomic E-state index is 16.1. The maximum Gasteiger partial charge on any atom is 0.262 e. The molecule has 4 N–H and O–H groups in total. The number of ether oxygens (including phenoxy) is 4. The normalized spacial score (nSPS) is 13.6. The van der Waals surface area contributed by atoms with Gasteiger partial charge in [-0.05, 0) is 191 Å². The van der Waals surface area contributed by atoms with Crippen LogP contribution in [0.3, 0.4) is 0 Å². The Morgan fingerprint density at radius 3 is 0.823 bits per heavy atom. The van der Waals surface area contributed by atoms with Crippen molar-refractivity contribution in [2.45, 2.75) is 116 Å². The van der Waals surface area contributed by atoms with Crippen LogP contribution in [0, 0.1) is 73.1 Å². The number of imide groups is 2. The molecule has 2 unspecified atom stereocenters. The predicted molar refractivity (Wildman–Crippen MR) is 372 cm³/mol. The molecule has 2 heterocycles. The van der Waals surface area contributed by atoms with Gasteiger partial charge in [-0.15, -0.1) is 0 Å². The number of carbonyl (C=O) groups excluding carboxylic acids is 8. The average molecular weight is 1290 g/mol. The van der Waals surface area contributed by atoms with Gasteiger partial charge < -0.3 is 40.2 Å². The van der Waals surface area contributed by atoms with Crippen molar-refractivity contribution in [3.63, 3.8) is 0 Å². The number of hydrogen-bond acceptors (Lipinski definition) is 12. The van der Waals surface area contributed by atoms with Crippen molar-refractivity contribution in [1.29, 1.82) is 0 Å². The molecule has 11 rings (SSSR count). The second-order valence-electron chi connectivity index (χ2n) is 26.8. The Labute approximate surface area is 558 Å².